The molecule has 4 aliphatic rings. The maximum absolute atomic E-state index is 13.1. The summed E-state index contributed by atoms with van der Waals surface area (Å²) in [6.07, 6.45) is 28.2. The number of rotatable bonds is 29. The van der Waals surface area contributed by atoms with Crippen LogP contribution in [-0.2, 0) is 9.53 Å². The molecule has 8 atom stereocenters. The van der Waals surface area contributed by atoms with E-state index in [1.165, 1.54) is 138 Å². The molecule has 87 heavy (non-hydrogen) atoms. The molecule has 1 N–H and O–H groups in total. The molecule has 464 valence electrons. The summed E-state index contributed by atoms with van der Waals surface area (Å²) < 4.78 is 34.6. The monoisotopic (exact) mass is 1180 g/mol. The summed E-state index contributed by atoms with van der Waals surface area (Å²) in [6.45, 7) is 15.6. The Morgan fingerprint density at radius 1 is 0.609 bits per heavy atom. The number of carbonyl (C=O) groups is 4. The third kappa shape index (κ3) is 17.1. The smallest absolute Gasteiger partial charge is 0.343 e. The number of esters is 4. The first kappa shape index (κ1) is 64.3. The van der Waals surface area contributed by atoms with Crippen molar-refractivity contribution in [2.45, 2.75) is 182 Å². The van der Waals surface area contributed by atoms with Crippen molar-refractivity contribution in [3.05, 3.63) is 149 Å². The maximum Gasteiger partial charge on any atom is 0.343 e. The van der Waals surface area contributed by atoms with Crippen LogP contribution < -0.4 is 23.7 Å². The Morgan fingerprint density at radius 2 is 1.21 bits per heavy atom. The summed E-state index contributed by atoms with van der Waals surface area (Å²) in [7, 11) is 0. The predicted octanol–water partition coefficient (Wildman–Crippen LogP) is 18.4. The minimum atomic E-state index is -0.658. The number of ether oxygens (including phenoxy) is 6. The molecule has 0 saturated heterocycles. The number of hydrogen-bond donors (Lipinski definition) is 1. The quantitative estimate of drug-likeness (QED) is 0.0160. The average molecular weight is 1180 g/mol. The van der Waals surface area contributed by atoms with Gasteiger partial charge in [-0.3, -0.25) is 9.79 Å². The Balaban J connectivity index is 0.658. The Kier molecular flexibility index (Phi) is 22.6. The molecule has 3 fully saturated rings. The summed E-state index contributed by atoms with van der Waals surface area (Å²) in [5.74, 6) is 4.53. The Labute approximate surface area is 516 Å². The fraction of sp³-hybridized carbons (Fsp3) is 0.507. The number of phenolic OH excluding ortho intramolecular Hbond substituents is 1. The van der Waals surface area contributed by atoms with E-state index in [9.17, 15) is 24.3 Å². The zero-order chi connectivity index (χ0) is 61.3. The lowest BCUT2D eigenvalue weighted by atomic mass is 9.47. The minimum absolute atomic E-state index is 0.0166. The molecule has 0 heterocycles. The molecule has 9 rings (SSSR count). The van der Waals surface area contributed by atoms with E-state index >= 15 is 0 Å². The molecule has 3 saturated carbocycles. The largest absolute Gasteiger partial charge is 0.507 e. The fourth-order valence-corrected chi connectivity index (χ4v) is 14.8. The van der Waals surface area contributed by atoms with E-state index in [1.54, 1.807) is 78.9 Å². The summed E-state index contributed by atoms with van der Waals surface area (Å²) in [4.78, 5) is 56.7. The Morgan fingerprint density at radius 3 is 1.86 bits per heavy atom. The highest BCUT2D eigenvalue weighted by atomic mass is 16.6. The zero-order valence-electron chi connectivity index (χ0n) is 52.4. The number of benzene rings is 5. The lowest BCUT2D eigenvalue weighted by Gasteiger charge is -2.58. The first-order chi connectivity index (χ1) is 42.1. The van der Waals surface area contributed by atoms with E-state index in [0.29, 0.717) is 53.4 Å². The second kappa shape index (κ2) is 30.6. The van der Waals surface area contributed by atoms with E-state index in [1.807, 2.05) is 0 Å². The van der Waals surface area contributed by atoms with Crippen molar-refractivity contribution in [2.24, 2.45) is 51.3 Å². The van der Waals surface area contributed by atoms with Crippen molar-refractivity contribution in [1.82, 2.24) is 0 Å². The molecular formula is C75H93NO11. The van der Waals surface area contributed by atoms with Crippen molar-refractivity contribution in [3.8, 4) is 34.5 Å². The first-order valence-corrected chi connectivity index (χ1v) is 32.7. The van der Waals surface area contributed by atoms with Gasteiger partial charge in [-0.05, 0) is 201 Å². The first-order valence-electron chi connectivity index (χ1n) is 32.7. The van der Waals surface area contributed by atoms with Gasteiger partial charge in [0.15, 0.2) is 0 Å². The molecule has 0 bridgehead atoms. The van der Waals surface area contributed by atoms with Gasteiger partial charge in [0.25, 0.3) is 0 Å². The number of carbonyl (C=O) groups excluding carboxylic acids is 4. The SMILES string of the molecule is CCCCCCCCCCOc1ccc(C(=O)Oc2ccc(C(=O)Oc3cccc(OC(=O)c4ccc(N=Cc5ccc(OCCCC(=O)O[C@H]6CC[C@@]7(C)C(=CC[C@H]8[C@@H]9CC[C@H]([C@H](C)CCCC(C)C)[C@@]9(C)CC[C@@H]87)C6)cc5O)cc4)c3)cc2)cc1. The zero-order valence-corrected chi connectivity index (χ0v) is 52.4. The van der Waals surface area contributed by atoms with Crippen LogP contribution in [0.5, 0.6) is 34.5 Å². The number of aliphatic imine (C=N–C) groups is 1. The van der Waals surface area contributed by atoms with Crippen LogP contribution in [0.25, 0.3) is 0 Å². The molecule has 4 aliphatic carbocycles. The normalized spacial score (nSPS) is 22.5. The van der Waals surface area contributed by atoms with Gasteiger partial charge in [-0.15, -0.1) is 0 Å². The van der Waals surface area contributed by atoms with Crippen LogP contribution in [0.4, 0.5) is 5.69 Å². The van der Waals surface area contributed by atoms with Gasteiger partial charge in [0.2, 0.25) is 0 Å². The number of aromatic hydroxyl groups is 1. The number of allylic oxidation sites excluding steroid dienone is 1. The van der Waals surface area contributed by atoms with Crippen molar-refractivity contribution in [1.29, 1.82) is 0 Å². The number of unbranched alkanes of at least 4 members (excludes halogenated alkanes) is 7. The van der Waals surface area contributed by atoms with Gasteiger partial charge in [0, 0.05) is 36.8 Å². The van der Waals surface area contributed by atoms with Crippen molar-refractivity contribution in [2.75, 3.05) is 13.2 Å². The van der Waals surface area contributed by atoms with Gasteiger partial charge in [-0.2, -0.15) is 0 Å². The minimum Gasteiger partial charge on any atom is -0.507 e. The van der Waals surface area contributed by atoms with Crippen molar-refractivity contribution < 1.29 is 52.7 Å². The molecule has 0 amide bonds. The average Bonchev–Trinajstić information content (AvgIpc) is 1.78. The molecule has 12 heteroatoms. The fourth-order valence-electron chi connectivity index (χ4n) is 14.8. The van der Waals surface area contributed by atoms with Crippen LogP contribution >= 0.6 is 0 Å². The number of nitrogens with zero attached hydrogens (tertiary/aromatic N) is 1. The van der Waals surface area contributed by atoms with Crippen LogP contribution in [-0.4, -0.2) is 54.5 Å². The van der Waals surface area contributed by atoms with E-state index in [-0.39, 0.29) is 58.0 Å². The van der Waals surface area contributed by atoms with Crippen LogP contribution in [0.2, 0.25) is 0 Å². The van der Waals surface area contributed by atoms with Gasteiger partial charge in [-0.1, -0.05) is 123 Å². The summed E-state index contributed by atoms with van der Waals surface area (Å²) in [6, 6.07) is 30.5. The summed E-state index contributed by atoms with van der Waals surface area (Å²) in [5, 5.41) is 10.8. The predicted molar refractivity (Wildman–Crippen MR) is 342 cm³/mol. The lowest BCUT2D eigenvalue weighted by molar-refractivity contribution is -0.151. The highest BCUT2D eigenvalue weighted by Crippen LogP contribution is 2.67. The van der Waals surface area contributed by atoms with Crippen molar-refractivity contribution in [3.63, 3.8) is 0 Å². The van der Waals surface area contributed by atoms with E-state index < -0.39 is 17.9 Å². The molecule has 0 aliphatic heterocycles. The molecule has 5 aromatic carbocycles. The van der Waals surface area contributed by atoms with E-state index in [0.717, 1.165) is 67.6 Å². The second-order valence-electron chi connectivity index (χ2n) is 26.1. The highest BCUT2D eigenvalue weighted by Gasteiger charge is 2.59. The van der Waals surface area contributed by atoms with Crippen LogP contribution in [0.3, 0.4) is 0 Å². The molecular weight excluding hydrogens is 1090 g/mol. The Bertz CT molecular complexity index is 3150. The van der Waals surface area contributed by atoms with Gasteiger partial charge in [-0.25, -0.2) is 14.4 Å². The van der Waals surface area contributed by atoms with Crippen LogP contribution in [0.15, 0.2) is 132 Å². The second-order valence-corrected chi connectivity index (χ2v) is 26.1. The van der Waals surface area contributed by atoms with E-state index in [4.69, 9.17) is 28.4 Å². The van der Waals surface area contributed by atoms with Gasteiger partial charge < -0.3 is 33.5 Å². The topological polar surface area (TPSA) is 156 Å². The van der Waals surface area contributed by atoms with Gasteiger partial charge in [0.1, 0.15) is 40.6 Å². The van der Waals surface area contributed by atoms with E-state index in [2.05, 4.69) is 52.6 Å². The molecule has 5 aromatic rings. The van der Waals surface area contributed by atoms with Crippen LogP contribution in [0.1, 0.15) is 213 Å². The van der Waals surface area contributed by atoms with Crippen molar-refractivity contribution >= 4 is 35.8 Å². The molecule has 0 spiro atoms. The van der Waals surface area contributed by atoms with Gasteiger partial charge in [0.05, 0.1) is 35.6 Å². The maximum atomic E-state index is 13.1. The standard InChI is InChI=1S/C75H93NO11/c1-7-8-9-10-11-12-13-14-45-82-59-33-25-54(26-34-59)71(79)85-60-35-27-55(28-36-60)73(81)87-63-21-16-20-62(48-63)86-72(80)53-23-31-58(32-24-53)76-50-56-29-37-61(49-69(56)77)83-46-17-22-70(78)84-64-41-43-74(5)57(47-64)30-38-65-67-40-39-66(52(4)19-15-18-51(2)3)75(67,6)44-42-68(65)74/h16,20-21,23-37,48-52,64-68,77H,7-15,17-19,22,38-47H2,1-6H3/t52-,64+,65+,66-,67+,68+,74+,75-/m1/s1. The molecule has 0 radical (unpaired) electrons. The highest BCUT2D eigenvalue weighted by molar-refractivity contribution is 5.94. The number of phenols is 1. The molecule has 0 aromatic heterocycles. The third-order valence-corrected chi connectivity index (χ3v) is 19.7. The number of hydrogen-bond acceptors (Lipinski definition) is 12. The lowest BCUT2D eigenvalue weighted by Crippen LogP contribution is -2.51. The third-order valence-electron chi connectivity index (χ3n) is 19.7. The van der Waals surface area contributed by atoms with Crippen LogP contribution in [0, 0.1) is 46.3 Å². The van der Waals surface area contributed by atoms with Gasteiger partial charge >= 0.3 is 23.9 Å². The number of fused-ring (bicyclic) bond motifs is 5. The Hall–Kier alpha value is -7.21. The molecule has 12 nitrogen and oxygen atoms in total. The summed E-state index contributed by atoms with van der Waals surface area (Å²) >= 11 is 0. The summed E-state index contributed by atoms with van der Waals surface area (Å²) in [5.41, 5.74) is 4.07. The molecule has 0 unspecified atom stereocenters.